The van der Waals surface area contributed by atoms with E-state index in [9.17, 15) is 0 Å². The summed E-state index contributed by atoms with van der Waals surface area (Å²) in [6, 6.07) is 0. The van der Waals surface area contributed by atoms with Gasteiger partial charge in [-0.2, -0.15) is 0 Å². The number of piperidine rings is 1. The molecule has 1 aliphatic heterocycles. The summed E-state index contributed by atoms with van der Waals surface area (Å²) in [6.07, 6.45) is 4.22. The predicted octanol–water partition coefficient (Wildman–Crippen LogP) is 2.13. The number of nitrogens with one attached hydrogen (secondary N) is 1. The zero-order valence-corrected chi connectivity index (χ0v) is 8.77. The normalized spacial score (nSPS) is 17.1. The fourth-order valence-corrected chi connectivity index (χ4v) is 0.802. The molecule has 0 aromatic rings. The van der Waals surface area contributed by atoms with Crippen LogP contribution in [0.5, 0.6) is 0 Å². The summed E-state index contributed by atoms with van der Waals surface area (Å²) in [5, 5.41) is 3.28. The van der Waals surface area contributed by atoms with Crippen LogP contribution in [0.25, 0.3) is 0 Å². The summed E-state index contributed by atoms with van der Waals surface area (Å²) < 4.78 is 0. The molecular weight excluding hydrogens is 137 g/mol. The van der Waals surface area contributed by atoms with Crippen LogP contribution in [0.3, 0.4) is 0 Å². The van der Waals surface area contributed by atoms with Gasteiger partial charge in [0.2, 0.25) is 0 Å². The molecule has 10 heavy (non-hydrogen) atoms. The molecule has 0 bridgehead atoms. The second kappa shape index (κ2) is 7.60. The van der Waals surface area contributed by atoms with Gasteiger partial charge >= 0.3 is 0 Å². The zero-order chi connectivity index (χ0) is 7.82. The Morgan fingerprint density at radius 1 is 0.900 bits per heavy atom. The van der Waals surface area contributed by atoms with E-state index in [0.29, 0.717) is 0 Å². The van der Waals surface area contributed by atoms with Crippen LogP contribution in [0.4, 0.5) is 0 Å². The molecule has 0 atom stereocenters. The van der Waals surface area contributed by atoms with Crippen molar-refractivity contribution in [2.75, 3.05) is 13.1 Å². The number of hydrogen-bond acceptors (Lipinski definition) is 1. The molecule has 2 heteroatoms. The van der Waals surface area contributed by atoms with Crippen LogP contribution in [-0.2, 0) is 0 Å². The topological polar surface area (TPSA) is 12.0 Å². The second-order valence-corrected chi connectivity index (χ2v) is 7.01. The van der Waals surface area contributed by atoms with Gasteiger partial charge in [0.1, 0.15) is 0 Å². The van der Waals surface area contributed by atoms with Crippen molar-refractivity contribution in [3.8, 4) is 0 Å². The molecule has 1 heterocycles. The Morgan fingerprint density at radius 2 is 1.30 bits per heavy atom. The highest BCUT2D eigenvalue weighted by Crippen LogP contribution is 1.96. The van der Waals surface area contributed by atoms with Gasteiger partial charge < -0.3 is 5.32 Å². The standard InChI is InChI=1S/C5H11N.3CH3.Al/c1-2-4-6-5-3-1;;;;/h6H,1-5H2;3*1H3;. The average molecular weight is 157 g/mol. The van der Waals surface area contributed by atoms with E-state index in [1.807, 2.05) is 0 Å². The summed E-state index contributed by atoms with van der Waals surface area (Å²) in [4.78, 5) is 0. The largest absolute Gasteiger partial charge is 0.317 e. The monoisotopic (exact) mass is 157 g/mol. The SMILES string of the molecule is C1CCNCC1.[CH3][Al]([CH3])[CH3]. The van der Waals surface area contributed by atoms with Crippen molar-refractivity contribution >= 4 is 14.1 Å². The molecule has 0 radical (unpaired) electrons. The van der Waals surface area contributed by atoms with Crippen LogP contribution in [-0.4, -0.2) is 27.2 Å². The summed E-state index contributed by atoms with van der Waals surface area (Å²) in [7, 11) is 0. The molecule has 0 aliphatic carbocycles. The van der Waals surface area contributed by atoms with Gasteiger partial charge in [-0.05, 0) is 25.9 Å². The zero-order valence-electron chi connectivity index (χ0n) is 7.61. The third-order valence-electron chi connectivity index (χ3n) is 1.21. The van der Waals surface area contributed by atoms with E-state index in [1.165, 1.54) is 32.4 Å². The van der Waals surface area contributed by atoms with Crippen molar-refractivity contribution in [1.82, 2.24) is 5.32 Å². The molecule has 1 aliphatic rings. The Kier molecular flexibility index (Phi) is 7.97. The van der Waals surface area contributed by atoms with Gasteiger partial charge in [-0.15, -0.1) is 17.4 Å². The first-order valence-electron chi connectivity index (χ1n) is 4.44. The summed E-state index contributed by atoms with van der Waals surface area (Å²) in [6.45, 7) is 2.50. The van der Waals surface area contributed by atoms with Crippen LogP contribution in [0.15, 0.2) is 0 Å². The molecular formula is C8H20AlN. The molecule has 0 aromatic heterocycles. The first kappa shape index (κ1) is 10.5. The van der Waals surface area contributed by atoms with E-state index in [4.69, 9.17) is 0 Å². The van der Waals surface area contributed by atoms with Crippen LogP contribution < -0.4 is 5.32 Å². The molecule has 1 nitrogen and oxygen atoms in total. The van der Waals surface area contributed by atoms with E-state index in [0.717, 1.165) is 0 Å². The van der Waals surface area contributed by atoms with Gasteiger partial charge in [0.15, 0.2) is 0 Å². The maximum Gasteiger partial charge on any atom is 0.251 e. The van der Waals surface area contributed by atoms with Gasteiger partial charge in [0.05, 0.1) is 0 Å². The molecule has 0 unspecified atom stereocenters. The van der Waals surface area contributed by atoms with Crippen LogP contribution in [0.1, 0.15) is 19.3 Å². The van der Waals surface area contributed by atoms with Crippen LogP contribution in [0, 0.1) is 0 Å². The Balaban J connectivity index is 0.000000180. The second-order valence-electron chi connectivity index (χ2n) is 3.54. The maximum absolute atomic E-state index is 3.28. The predicted molar refractivity (Wildman–Crippen MR) is 50.1 cm³/mol. The van der Waals surface area contributed by atoms with E-state index in [-0.39, 0.29) is 14.1 Å². The summed E-state index contributed by atoms with van der Waals surface area (Å²) in [5.41, 5.74) is 0. The van der Waals surface area contributed by atoms with Gasteiger partial charge in [-0.3, -0.25) is 0 Å². The maximum atomic E-state index is 3.28. The Labute approximate surface area is 69.6 Å². The lowest BCUT2D eigenvalue weighted by atomic mass is 10.2. The average Bonchev–Trinajstić information content (AvgIpc) is 1.90. The molecule has 0 amide bonds. The number of hydrogen-bond donors (Lipinski definition) is 1. The van der Waals surface area contributed by atoms with Crippen molar-refractivity contribution in [3.05, 3.63) is 0 Å². The first-order chi connectivity index (χ1) is 4.73. The van der Waals surface area contributed by atoms with Crippen molar-refractivity contribution < 1.29 is 0 Å². The van der Waals surface area contributed by atoms with E-state index < -0.39 is 0 Å². The minimum absolute atomic E-state index is 0.139. The number of rotatable bonds is 0. The smallest absolute Gasteiger partial charge is 0.251 e. The fourth-order valence-electron chi connectivity index (χ4n) is 0.802. The van der Waals surface area contributed by atoms with Gasteiger partial charge in [-0.25, -0.2) is 0 Å². The van der Waals surface area contributed by atoms with Crippen molar-refractivity contribution in [2.24, 2.45) is 0 Å². The quantitative estimate of drug-likeness (QED) is 0.531. The van der Waals surface area contributed by atoms with Crippen molar-refractivity contribution in [2.45, 2.75) is 36.6 Å². The van der Waals surface area contributed by atoms with E-state index in [1.54, 1.807) is 0 Å². The van der Waals surface area contributed by atoms with Gasteiger partial charge in [-0.1, -0.05) is 6.42 Å². The van der Waals surface area contributed by atoms with Gasteiger partial charge in [0.25, 0.3) is 14.1 Å². The minimum atomic E-state index is -0.139. The van der Waals surface area contributed by atoms with Crippen LogP contribution in [0.2, 0.25) is 17.4 Å². The molecule has 0 aromatic carbocycles. The molecule has 60 valence electrons. The third kappa shape index (κ3) is 11.3. The minimum Gasteiger partial charge on any atom is -0.317 e. The van der Waals surface area contributed by atoms with Crippen molar-refractivity contribution in [3.63, 3.8) is 0 Å². The highest BCUT2D eigenvalue weighted by atomic mass is 27.2. The fraction of sp³-hybridized carbons (Fsp3) is 1.00. The Bertz CT molecular complexity index is 46.0. The van der Waals surface area contributed by atoms with Gasteiger partial charge in [0, 0.05) is 0 Å². The molecule has 1 saturated heterocycles. The molecule has 1 fully saturated rings. The summed E-state index contributed by atoms with van der Waals surface area (Å²) >= 11 is -0.139. The summed E-state index contributed by atoms with van der Waals surface area (Å²) in [5.74, 6) is 6.92. The lowest BCUT2D eigenvalue weighted by Crippen LogP contribution is -2.21. The molecule has 0 saturated carbocycles. The van der Waals surface area contributed by atoms with Crippen molar-refractivity contribution in [1.29, 1.82) is 0 Å². The highest BCUT2D eigenvalue weighted by molar-refractivity contribution is 6.54. The van der Waals surface area contributed by atoms with Crippen LogP contribution >= 0.6 is 0 Å². The molecule has 1 rings (SSSR count). The molecule has 0 spiro atoms. The molecule has 1 N–H and O–H groups in total. The highest BCUT2D eigenvalue weighted by Gasteiger charge is 1.93. The lowest BCUT2D eigenvalue weighted by Gasteiger charge is -2.08. The third-order valence-corrected chi connectivity index (χ3v) is 1.21. The van der Waals surface area contributed by atoms with E-state index in [2.05, 4.69) is 22.7 Å². The Hall–Kier alpha value is 0.492. The lowest BCUT2D eigenvalue weighted by molar-refractivity contribution is 0.520. The Morgan fingerprint density at radius 3 is 1.40 bits per heavy atom. The van der Waals surface area contributed by atoms with E-state index >= 15 is 0 Å². The first-order valence-corrected chi connectivity index (χ1v) is 7.90.